The van der Waals surface area contributed by atoms with E-state index in [4.69, 9.17) is 4.74 Å². The summed E-state index contributed by atoms with van der Waals surface area (Å²) in [5.41, 5.74) is 1.24. The maximum absolute atomic E-state index is 5.34. The summed E-state index contributed by atoms with van der Waals surface area (Å²) in [6.07, 6.45) is 7.61. The summed E-state index contributed by atoms with van der Waals surface area (Å²) in [4.78, 5) is 4.08. The normalized spacial score (nSPS) is 18.3. The molecule has 82 valence electrons. The third-order valence-corrected chi connectivity index (χ3v) is 3.30. The van der Waals surface area contributed by atoms with E-state index in [9.17, 15) is 0 Å². The lowest BCUT2D eigenvalue weighted by molar-refractivity contribution is 0.235. The first kappa shape index (κ1) is 10.4. The van der Waals surface area contributed by atoms with Crippen molar-refractivity contribution in [2.75, 3.05) is 14.2 Å². The molecule has 1 heterocycles. The summed E-state index contributed by atoms with van der Waals surface area (Å²) in [6.45, 7) is 0. The molecule has 0 radical (unpaired) electrons. The predicted octanol–water partition coefficient (Wildman–Crippen LogP) is 2.15. The van der Waals surface area contributed by atoms with Crippen LogP contribution >= 0.6 is 0 Å². The van der Waals surface area contributed by atoms with Gasteiger partial charge in [-0.15, -0.1) is 0 Å². The van der Waals surface area contributed by atoms with Crippen molar-refractivity contribution in [1.29, 1.82) is 0 Å². The van der Waals surface area contributed by atoms with Crippen LogP contribution in [-0.4, -0.2) is 19.1 Å². The molecule has 1 aliphatic rings. The van der Waals surface area contributed by atoms with Crippen LogP contribution in [0.15, 0.2) is 18.5 Å². The first-order valence-electron chi connectivity index (χ1n) is 5.52. The van der Waals surface area contributed by atoms with E-state index in [0.717, 1.165) is 11.7 Å². The molecule has 1 aromatic heterocycles. The van der Waals surface area contributed by atoms with Crippen molar-refractivity contribution in [3.8, 4) is 5.75 Å². The molecule has 0 aromatic carbocycles. The van der Waals surface area contributed by atoms with E-state index in [1.807, 2.05) is 13.2 Å². The minimum absolute atomic E-state index is 0.414. The van der Waals surface area contributed by atoms with Gasteiger partial charge in [0.15, 0.2) is 0 Å². The summed E-state index contributed by atoms with van der Waals surface area (Å²) < 4.78 is 5.34. The third-order valence-electron chi connectivity index (χ3n) is 3.30. The van der Waals surface area contributed by atoms with Gasteiger partial charge in [0, 0.05) is 17.8 Å². The van der Waals surface area contributed by atoms with E-state index >= 15 is 0 Å². The Bertz CT molecular complexity index is 323. The largest absolute Gasteiger partial charge is 0.495 e. The quantitative estimate of drug-likeness (QED) is 0.819. The second-order valence-corrected chi connectivity index (χ2v) is 4.07. The number of pyridine rings is 1. The lowest BCUT2D eigenvalue weighted by Gasteiger charge is -2.34. The maximum atomic E-state index is 5.34. The molecule has 0 bridgehead atoms. The number of methoxy groups -OCH3 is 1. The molecular formula is C12H18N2O. The number of rotatable bonds is 4. The Morgan fingerprint density at radius 2 is 2.33 bits per heavy atom. The second-order valence-electron chi connectivity index (χ2n) is 4.07. The standard InChI is InChI=1S/C12H18N2O/c1-13-12(9-4-3-5-9)10-6-7-14-8-11(10)15-2/h6-9,12-13H,3-5H2,1-2H3. The smallest absolute Gasteiger partial charge is 0.141 e. The zero-order valence-corrected chi connectivity index (χ0v) is 9.36. The van der Waals surface area contributed by atoms with Crippen LogP contribution in [0.3, 0.4) is 0 Å². The van der Waals surface area contributed by atoms with Crippen molar-refractivity contribution in [2.45, 2.75) is 25.3 Å². The number of hydrogen-bond donors (Lipinski definition) is 1. The number of ether oxygens (including phenoxy) is 1. The zero-order valence-electron chi connectivity index (χ0n) is 9.36. The molecule has 15 heavy (non-hydrogen) atoms. The van der Waals surface area contributed by atoms with Gasteiger partial charge in [0.2, 0.25) is 0 Å². The Kier molecular flexibility index (Phi) is 3.21. The Morgan fingerprint density at radius 3 is 2.87 bits per heavy atom. The van der Waals surface area contributed by atoms with Gasteiger partial charge >= 0.3 is 0 Å². The highest BCUT2D eigenvalue weighted by Gasteiger charge is 2.29. The Labute approximate surface area is 90.9 Å². The highest BCUT2D eigenvalue weighted by Crippen LogP contribution is 2.39. The molecule has 1 aliphatic carbocycles. The number of nitrogens with one attached hydrogen (secondary N) is 1. The van der Waals surface area contributed by atoms with E-state index in [-0.39, 0.29) is 0 Å². The zero-order chi connectivity index (χ0) is 10.7. The fourth-order valence-electron chi connectivity index (χ4n) is 2.24. The van der Waals surface area contributed by atoms with Crippen molar-refractivity contribution in [3.05, 3.63) is 24.0 Å². The number of nitrogens with zero attached hydrogens (tertiary/aromatic N) is 1. The Morgan fingerprint density at radius 1 is 1.53 bits per heavy atom. The summed E-state index contributed by atoms with van der Waals surface area (Å²) in [5, 5.41) is 3.39. The monoisotopic (exact) mass is 206 g/mol. The average molecular weight is 206 g/mol. The number of hydrogen-bond acceptors (Lipinski definition) is 3. The minimum Gasteiger partial charge on any atom is -0.495 e. The third kappa shape index (κ3) is 1.97. The Hall–Kier alpha value is -1.09. The molecule has 0 amide bonds. The fourth-order valence-corrected chi connectivity index (χ4v) is 2.24. The SMILES string of the molecule is CNC(c1ccncc1OC)C1CCC1. The van der Waals surface area contributed by atoms with E-state index < -0.39 is 0 Å². The van der Waals surface area contributed by atoms with Gasteiger partial charge in [-0.05, 0) is 31.9 Å². The van der Waals surface area contributed by atoms with Gasteiger partial charge in [-0.1, -0.05) is 6.42 Å². The molecule has 1 saturated carbocycles. The molecular weight excluding hydrogens is 188 g/mol. The van der Waals surface area contributed by atoms with Crippen LogP contribution in [0.5, 0.6) is 5.75 Å². The molecule has 3 heteroatoms. The minimum atomic E-state index is 0.414. The molecule has 0 saturated heterocycles. The molecule has 3 nitrogen and oxygen atoms in total. The second kappa shape index (κ2) is 4.62. The van der Waals surface area contributed by atoms with Crippen molar-refractivity contribution in [3.63, 3.8) is 0 Å². The molecule has 0 aliphatic heterocycles. The Balaban J connectivity index is 2.24. The lowest BCUT2D eigenvalue weighted by atomic mass is 9.77. The molecule has 1 atom stereocenters. The molecule has 1 unspecified atom stereocenters. The van der Waals surface area contributed by atoms with Gasteiger partial charge in [-0.25, -0.2) is 0 Å². The van der Waals surface area contributed by atoms with Crippen molar-refractivity contribution in [2.24, 2.45) is 5.92 Å². The van der Waals surface area contributed by atoms with Gasteiger partial charge in [0.05, 0.1) is 13.3 Å². The predicted molar refractivity (Wildman–Crippen MR) is 59.9 cm³/mol. The van der Waals surface area contributed by atoms with Crippen molar-refractivity contribution < 1.29 is 4.74 Å². The lowest BCUT2D eigenvalue weighted by Crippen LogP contribution is -2.30. The number of aromatic nitrogens is 1. The molecule has 0 spiro atoms. The van der Waals surface area contributed by atoms with Gasteiger partial charge in [-0.2, -0.15) is 0 Å². The summed E-state index contributed by atoms with van der Waals surface area (Å²) in [6, 6.07) is 2.47. The summed E-state index contributed by atoms with van der Waals surface area (Å²) in [5.74, 6) is 1.65. The highest BCUT2D eigenvalue weighted by atomic mass is 16.5. The van der Waals surface area contributed by atoms with Gasteiger partial charge < -0.3 is 10.1 Å². The van der Waals surface area contributed by atoms with Crippen LogP contribution in [0.2, 0.25) is 0 Å². The van der Waals surface area contributed by atoms with E-state index in [1.165, 1.54) is 24.8 Å². The van der Waals surface area contributed by atoms with Crippen molar-refractivity contribution in [1.82, 2.24) is 10.3 Å². The van der Waals surface area contributed by atoms with Gasteiger partial charge in [0.1, 0.15) is 5.75 Å². The van der Waals surface area contributed by atoms with Gasteiger partial charge in [0.25, 0.3) is 0 Å². The van der Waals surface area contributed by atoms with E-state index in [0.29, 0.717) is 6.04 Å². The molecule has 1 aromatic rings. The van der Waals surface area contributed by atoms with Crippen LogP contribution in [-0.2, 0) is 0 Å². The van der Waals surface area contributed by atoms with Crippen LogP contribution in [0.25, 0.3) is 0 Å². The molecule has 1 N–H and O–H groups in total. The first-order chi connectivity index (χ1) is 7.36. The van der Waals surface area contributed by atoms with Gasteiger partial charge in [-0.3, -0.25) is 4.98 Å². The van der Waals surface area contributed by atoms with E-state index in [1.54, 1.807) is 13.3 Å². The van der Waals surface area contributed by atoms with E-state index in [2.05, 4.69) is 16.4 Å². The van der Waals surface area contributed by atoms with Crippen LogP contribution < -0.4 is 10.1 Å². The summed E-state index contributed by atoms with van der Waals surface area (Å²) in [7, 11) is 3.72. The van der Waals surface area contributed by atoms with Crippen LogP contribution in [0, 0.1) is 5.92 Å². The first-order valence-corrected chi connectivity index (χ1v) is 5.52. The van der Waals surface area contributed by atoms with Crippen LogP contribution in [0.4, 0.5) is 0 Å². The van der Waals surface area contributed by atoms with Crippen molar-refractivity contribution >= 4 is 0 Å². The average Bonchev–Trinajstić information content (AvgIpc) is 2.23. The molecule has 1 fully saturated rings. The highest BCUT2D eigenvalue weighted by molar-refractivity contribution is 5.33. The fraction of sp³-hybridized carbons (Fsp3) is 0.583. The topological polar surface area (TPSA) is 34.2 Å². The summed E-state index contributed by atoms with van der Waals surface area (Å²) >= 11 is 0. The van der Waals surface area contributed by atoms with Crippen LogP contribution in [0.1, 0.15) is 30.9 Å². The maximum Gasteiger partial charge on any atom is 0.141 e. The molecule has 2 rings (SSSR count).